The number of nitrogens with zero attached hydrogens (tertiary/aromatic N) is 1. The second-order valence-electron chi connectivity index (χ2n) is 4.56. The van der Waals surface area contributed by atoms with E-state index in [1.54, 1.807) is 17.6 Å². The van der Waals surface area contributed by atoms with E-state index >= 15 is 0 Å². The van der Waals surface area contributed by atoms with E-state index in [0.29, 0.717) is 19.5 Å². The Balaban J connectivity index is 2.01. The van der Waals surface area contributed by atoms with E-state index < -0.39 is 0 Å². The minimum atomic E-state index is 0.199. The van der Waals surface area contributed by atoms with Crippen LogP contribution in [0.1, 0.15) is 37.5 Å². The lowest BCUT2D eigenvalue weighted by Crippen LogP contribution is -2.29. The predicted octanol–water partition coefficient (Wildman–Crippen LogP) is 4.06. The predicted molar refractivity (Wildman–Crippen MR) is 76.8 cm³/mol. The maximum atomic E-state index is 12.2. The Bertz CT molecular complexity index is 440. The third-order valence-electron chi connectivity index (χ3n) is 2.98. The Labute approximate surface area is 117 Å². The summed E-state index contributed by atoms with van der Waals surface area (Å²) in [6.07, 6.45) is 4.24. The van der Waals surface area contributed by atoms with E-state index in [4.69, 9.17) is 4.42 Å². The first-order valence-corrected chi connectivity index (χ1v) is 7.55. The SMILES string of the molecule is CCCCC(=O)N(Cc1ccsc1)Cc1ccco1. The first-order valence-electron chi connectivity index (χ1n) is 6.61. The average molecular weight is 277 g/mol. The summed E-state index contributed by atoms with van der Waals surface area (Å²) in [5.41, 5.74) is 1.18. The highest BCUT2D eigenvalue weighted by Gasteiger charge is 2.15. The van der Waals surface area contributed by atoms with E-state index in [1.165, 1.54) is 5.56 Å². The van der Waals surface area contributed by atoms with Crippen molar-refractivity contribution < 1.29 is 9.21 Å². The molecule has 0 N–H and O–H groups in total. The highest BCUT2D eigenvalue weighted by Crippen LogP contribution is 2.15. The first-order chi connectivity index (χ1) is 9.29. The summed E-state index contributed by atoms with van der Waals surface area (Å²) < 4.78 is 5.35. The fourth-order valence-electron chi connectivity index (χ4n) is 1.91. The van der Waals surface area contributed by atoms with Gasteiger partial charge in [-0.25, -0.2) is 0 Å². The molecule has 0 fully saturated rings. The van der Waals surface area contributed by atoms with Crippen LogP contribution < -0.4 is 0 Å². The van der Waals surface area contributed by atoms with Crippen molar-refractivity contribution in [1.82, 2.24) is 4.90 Å². The number of hydrogen-bond acceptors (Lipinski definition) is 3. The van der Waals surface area contributed by atoms with E-state index in [1.807, 2.05) is 22.4 Å². The van der Waals surface area contributed by atoms with Crippen molar-refractivity contribution in [3.8, 4) is 0 Å². The van der Waals surface area contributed by atoms with E-state index in [-0.39, 0.29) is 5.91 Å². The number of unbranched alkanes of at least 4 members (excludes halogenated alkanes) is 1. The van der Waals surface area contributed by atoms with Gasteiger partial charge in [-0.3, -0.25) is 4.79 Å². The largest absolute Gasteiger partial charge is 0.467 e. The summed E-state index contributed by atoms with van der Waals surface area (Å²) in [6.45, 7) is 3.31. The van der Waals surface area contributed by atoms with Gasteiger partial charge in [0, 0.05) is 13.0 Å². The summed E-state index contributed by atoms with van der Waals surface area (Å²) in [4.78, 5) is 14.1. The molecule has 0 atom stereocenters. The van der Waals surface area contributed by atoms with Crippen LogP contribution in [0.5, 0.6) is 0 Å². The van der Waals surface area contributed by atoms with Crippen LogP contribution >= 0.6 is 11.3 Å². The minimum absolute atomic E-state index is 0.199. The number of amides is 1. The zero-order chi connectivity index (χ0) is 13.5. The Morgan fingerprint density at radius 1 is 1.37 bits per heavy atom. The van der Waals surface area contributed by atoms with Crippen LogP contribution in [0, 0.1) is 0 Å². The quantitative estimate of drug-likeness (QED) is 0.764. The number of hydrogen-bond donors (Lipinski definition) is 0. The van der Waals surface area contributed by atoms with Crippen molar-refractivity contribution >= 4 is 17.2 Å². The van der Waals surface area contributed by atoms with Crippen LogP contribution in [-0.2, 0) is 17.9 Å². The van der Waals surface area contributed by atoms with Crippen molar-refractivity contribution in [3.63, 3.8) is 0 Å². The molecule has 0 aliphatic rings. The van der Waals surface area contributed by atoms with Crippen LogP contribution in [0.4, 0.5) is 0 Å². The van der Waals surface area contributed by atoms with Gasteiger partial charge in [0.1, 0.15) is 5.76 Å². The Hall–Kier alpha value is -1.55. The maximum absolute atomic E-state index is 12.2. The van der Waals surface area contributed by atoms with E-state index in [0.717, 1.165) is 18.6 Å². The topological polar surface area (TPSA) is 33.5 Å². The van der Waals surface area contributed by atoms with Crippen molar-refractivity contribution in [2.75, 3.05) is 0 Å². The summed E-state index contributed by atoms with van der Waals surface area (Å²) >= 11 is 1.66. The number of rotatable bonds is 7. The average Bonchev–Trinajstić information content (AvgIpc) is 3.08. The molecule has 19 heavy (non-hydrogen) atoms. The number of furan rings is 1. The molecular weight excluding hydrogens is 258 g/mol. The molecule has 102 valence electrons. The van der Waals surface area contributed by atoms with Gasteiger partial charge in [0.25, 0.3) is 0 Å². The second-order valence-corrected chi connectivity index (χ2v) is 5.34. The van der Waals surface area contributed by atoms with Crippen molar-refractivity contribution in [3.05, 3.63) is 46.5 Å². The molecule has 2 aromatic rings. The second kappa shape index (κ2) is 7.14. The van der Waals surface area contributed by atoms with Gasteiger partial charge in [-0.2, -0.15) is 11.3 Å². The third kappa shape index (κ3) is 4.24. The zero-order valence-electron chi connectivity index (χ0n) is 11.2. The normalized spacial score (nSPS) is 10.6. The van der Waals surface area contributed by atoms with Crippen LogP contribution in [0.2, 0.25) is 0 Å². The molecule has 0 unspecified atom stereocenters. The van der Waals surface area contributed by atoms with E-state index in [2.05, 4.69) is 18.4 Å². The fourth-order valence-corrected chi connectivity index (χ4v) is 2.57. The molecule has 0 bridgehead atoms. The lowest BCUT2D eigenvalue weighted by Gasteiger charge is -2.21. The summed E-state index contributed by atoms with van der Waals surface area (Å²) in [5.74, 6) is 1.03. The van der Waals surface area contributed by atoms with Crippen LogP contribution in [0.15, 0.2) is 39.6 Å². The van der Waals surface area contributed by atoms with Gasteiger partial charge in [0.15, 0.2) is 0 Å². The van der Waals surface area contributed by atoms with Crippen LogP contribution in [-0.4, -0.2) is 10.8 Å². The highest BCUT2D eigenvalue weighted by atomic mass is 32.1. The van der Waals surface area contributed by atoms with Gasteiger partial charge < -0.3 is 9.32 Å². The molecule has 2 aromatic heterocycles. The van der Waals surface area contributed by atoms with Crippen LogP contribution in [0.25, 0.3) is 0 Å². The lowest BCUT2D eigenvalue weighted by molar-refractivity contribution is -0.132. The molecule has 4 heteroatoms. The molecule has 0 saturated heterocycles. The molecule has 3 nitrogen and oxygen atoms in total. The van der Waals surface area contributed by atoms with Gasteiger partial charge in [-0.15, -0.1) is 0 Å². The first kappa shape index (κ1) is 13.9. The molecule has 0 spiro atoms. The van der Waals surface area contributed by atoms with E-state index in [9.17, 15) is 4.79 Å². The number of carbonyl (C=O) groups is 1. The maximum Gasteiger partial charge on any atom is 0.223 e. The Morgan fingerprint density at radius 2 is 2.26 bits per heavy atom. The molecule has 2 heterocycles. The fraction of sp³-hybridized carbons (Fsp3) is 0.400. The lowest BCUT2D eigenvalue weighted by atomic mass is 10.2. The van der Waals surface area contributed by atoms with Crippen LogP contribution in [0.3, 0.4) is 0 Å². The molecule has 0 radical (unpaired) electrons. The Kier molecular flexibility index (Phi) is 5.21. The standard InChI is InChI=1S/C15H19NO2S/c1-2-3-6-15(17)16(10-13-7-9-19-12-13)11-14-5-4-8-18-14/h4-5,7-9,12H,2-3,6,10-11H2,1H3. The van der Waals surface area contributed by atoms with Crippen molar-refractivity contribution in [1.29, 1.82) is 0 Å². The van der Waals surface area contributed by atoms with Gasteiger partial charge in [-0.1, -0.05) is 13.3 Å². The van der Waals surface area contributed by atoms with Gasteiger partial charge in [0.05, 0.1) is 12.8 Å². The highest BCUT2D eigenvalue weighted by molar-refractivity contribution is 7.07. The molecule has 0 saturated carbocycles. The van der Waals surface area contributed by atoms with Gasteiger partial charge in [-0.05, 0) is 40.9 Å². The molecule has 0 aliphatic heterocycles. The molecule has 0 aromatic carbocycles. The smallest absolute Gasteiger partial charge is 0.223 e. The molecule has 1 amide bonds. The Morgan fingerprint density at radius 3 is 2.89 bits per heavy atom. The van der Waals surface area contributed by atoms with Gasteiger partial charge in [0.2, 0.25) is 5.91 Å². The zero-order valence-corrected chi connectivity index (χ0v) is 12.0. The molecule has 2 rings (SSSR count). The monoisotopic (exact) mass is 277 g/mol. The number of thiophene rings is 1. The minimum Gasteiger partial charge on any atom is -0.467 e. The van der Waals surface area contributed by atoms with Gasteiger partial charge >= 0.3 is 0 Å². The summed E-state index contributed by atoms with van der Waals surface area (Å²) in [6, 6.07) is 5.83. The third-order valence-corrected chi connectivity index (χ3v) is 3.71. The summed E-state index contributed by atoms with van der Waals surface area (Å²) in [5, 5.41) is 4.12. The summed E-state index contributed by atoms with van der Waals surface area (Å²) in [7, 11) is 0. The number of carbonyl (C=O) groups excluding carboxylic acids is 1. The molecular formula is C15H19NO2S. The molecule has 0 aliphatic carbocycles. The van der Waals surface area contributed by atoms with Crippen molar-refractivity contribution in [2.24, 2.45) is 0 Å². The van der Waals surface area contributed by atoms with Crippen molar-refractivity contribution in [2.45, 2.75) is 39.3 Å².